The van der Waals surface area contributed by atoms with E-state index < -0.39 is 15.8 Å². The summed E-state index contributed by atoms with van der Waals surface area (Å²) in [6, 6.07) is 4.30. The predicted octanol–water partition coefficient (Wildman–Crippen LogP) is 0.949. The van der Waals surface area contributed by atoms with E-state index in [-0.39, 0.29) is 17.0 Å². The SMILES string of the molecule is Cc1nc(CCNS(=O)(=O)c2ccc3c(c2)oc(=O)n3C)co1. The molecule has 0 saturated heterocycles. The van der Waals surface area contributed by atoms with Crippen molar-refractivity contribution in [3.8, 4) is 0 Å². The summed E-state index contributed by atoms with van der Waals surface area (Å²) in [4.78, 5) is 15.6. The average Bonchev–Trinajstić information content (AvgIpc) is 3.03. The number of aryl methyl sites for hydroxylation is 2. The molecule has 1 N–H and O–H groups in total. The van der Waals surface area contributed by atoms with Gasteiger partial charge in [-0.05, 0) is 12.1 Å². The van der Waals surface area contributed by atoms with E-state index in [9.17, 15) is 13.2 Å². The van der Waals surface area contributed by atoms with Crippen LogP contribution in [0.15, 0.2) is 43.0 Å². The van der Waals surface area contributed by atoms with Gasteiger partial charge < -0.3 is 8.83 Å². The number of nitrogens with one attached hydrogen (secondary N) is 1. The van der Waals surface area contributed by atoms with Crippen molar-refractivity contribution in [3.05, 3.63) is 46.6 Å². The molecule has 3 rings (SSSR count). The number of fused-ring (bicyclic) bond motifs is 1. The fraction of sp³-hybridized carbons (Fsp3) is 0.286. The fourth-order valence-electron chi connectivity index (χ4n) is 2.20. The van der Waals surface area contributed by atoms with Gasteiger partial charge >= 0.3 is 5.76 Å². The van der Waals surface area contributed by atoms with Crippen LogP contribution < -0.4 is 10.5 Å². The zero-order valence-electron chi connectivity index (χ0n) is 12.6. The number of nitrogens with zero attached hydrogens (tertiary/aromatic N) is 2. The fourth-order valence-corrected chi connectivity index (χ4v) is 3.25. The minimum Gasteiger partial charge on any atom is -0.449 e. The molecular weight excluding hydrogens is 322 g/mol. The van der Waals surface area contributed by atoms with Crippen LogP contribution in [0.1, 0.15) is 11.6 Å². The molecule has 0 aliphatic heterocycles. The zero-order chi connectivity index (χ0) is 16.6. The Bertz CT molecular complexity index is 1010. The lowest BCUT2D eigenvalue weighted by atomic mass is 10.3. The Kier molecular flexibility index (Phi) is 3.82. The van der Waals surface area contributed by atoms with Crippen molar-refractivity contribution in [3.63, 3.8) is 0 Å². The van der Waals surface area contributed by atoms with E-state index >= 15 is 0 Å². The molecule has 0 aliphatic rings. The lowest BCUT2D eigenvalue weighted by Crippen LogP contribution is -2.26. The van der Waals surface area contributed by atoms with Gasteiger partial charge in [0.1, 0.15) is 6.26 Å². The maximum absolute atomic E-state index is 12.3. The van der Waals surface area contributed by atoms with E-state index in [1.807, 2.05) is 0 Å². The lowest BCUT2D eigenvalue weighted by molar-refractivity contribution is 0.520. The van der Waals surface area contributed by atoms with E-state index in [2.05, 4.69) is 9.71 Å². The molecule has 0 aliphatic carbocycles. The number of sulfonamides is 1. The second-order valence-corrected chi connectivity index (χ2v) is 6.83. The van der Waals surface area contributed by atoms with Crippen molar-refractivity contribution >= 4 is 21.1 Å². The largest absolute Gasteiger partial charge is 0.449 e. The topological polar surface area (TPSA) is 107 Å². The Morgan fingerprint density at radius 1 is 1.35 bits per heavy atom. The van der Waals surface area contributed by atoms with Gasteiger partial charge in [-0.15, -0.1) is 0 Å². The molecule has 3 aromatic rings. The van der Waals surface area contributed by atoms with Gasteiger partial charge in [0.15, 0.2) is 11.5 Å². The Labute approximate surface area is 131 Å². The van der Waals surface area contributed by atoms with Gasteiger partial charge in [-0.1, -0.05) is 0 Å². The molecule has 0 spiro atoms. The van der Waals surface area contributed by atoms with E-state index in [4.69, 9.17) is 8.83 Å². The highest BCUT2D eigenvalue weighted by atomic mass is 32.2. The standard InChI is InChI=1S/C14H15N3O5S/c1-9-16-10(8-21-9)5-6-15-23(19,20)11-3-4-12-13(7-11)22-14(18)17(12)2/h3-4,7-8,15H,5-6H2,1-2H3. The summed E-state index contributed by atoms with van der Waals surface area (Å²) in [5.74, 6) is -0.00340. The van der Waals surface area contributed by atoms with Crippen LogP contribution in [-0.4, -0.2) is 24.5 Å². The second kappa shape index (κ2) is 5.67. The van der Waals surface area contributed by atoms with Crippen molar-refractivity contribution in [2.75, 3.05) is 6.54 Å². The molecule has 0 atom stereocenters. The molecule has 2 heterocycles. The second-order valence-electron chi connectivity index (χ2n) is 5.06. The van der Waals surface area contributed by atoms with Crippen LogP contribution in [0.25, 0.3) is 11.1 Å². The third-order valence-electron chi connectivity index (χ3n) is 3.41. The van der Waals surface area contributed by atoms with Crippen LogP contribution in [0.4, 0.5) is 0 Å². The zero-order valence-corrected chi connectivity index (χ0v) is 13.4. The molecule has 0 amide bonds. The molecule has 0 bridgehead atoms. The van der Waals surface area contributed by atoms with Crippen LogP contribution in [0, 0.1) is 6.92 Å². The summed E-state index contributed by atoms with van der Waals surface area (Å²) in [6.07, 6.45) is 1.91. The van der Waals surface area contributed by atoms with Crippen LogP contribution in [-0.2, 0) is 23.5 Å². The first-order valence-electron chi connectivity index (χ1n) is 6.87. The van der Waals surface area contributed by atoms with Crippen molar-refractivity contribution in [2.24, 2.45) is 7.05 Å². The summed E-state index contributed by atoms with van der Waals surface area (Å²) < 4.78 is 38.4. The molecule has 0 saturated carbocycles. The van der Waals surface area contributed by atoms with Crippen LogP contribution in [0.3, 0.4) is 0 Å². The van der Waals surface area contributed by atoms with Gasteiger partial charge in [0, 0.05) is 33.0 Å². The summed E-state index contributed by atoms with van der Waals surface area (Å²) in [5, 5.41) is 0. The Balaban J connectivity index is 1.77. The molecule has 122 valence electrons. The third kappa shape index (κ3) is 3.06. The summed E-state index contributed by atoms with van der Waals surface area (Å²) in [5.41, 5.74) is 1.44. The normalized spacial score (nSPS) is 12.1. The van der Waals surface area contributed by atoms with Gasteiger partial charge in [0.25, 0.3) is 0 Å². The van der Waals surface area contributed by atoms with Gasteiger partial charge in [0.2, 0.25) is 10.0 Å². The number of aromatic nitrogens is 2. The summed E-state index contributed by atoms with van der Waals surface area (Å²) >= 11 is 0. The van der Waals surface area contributed by atoms with E-state index in [1.165, 1.54) is 29.0 Å². The summed E-state index contributed by atoms with van der Waals surface area (Å²) in [7, 11) is -2.14. The summed E-state index contributed by atoms with van der Waals surface area (Å²) in [6.45, 7) is 1.90. The van der Waals surface area contributed by atoms with E-state index in [0.717, 1.165) is 0 Å². The average molecular weight is 337 g/mol. The molecular formula is C14H15N3O5S. The molecule has 9 heteroatoms. The molecule has 0 fully saturated rings. The van der Waals surface area contributed by atoms with Crippen LogP contribution in [0.5, 0.6) is 0 Å². The molecule has 0 radical (unpaired) electrons. The lowest BCUT2D eigenvalue weighted by Gasteiger charge is -2.05. The maximum Gasteiger partial charge on any atom is 0.419 e. The van der Waals surface area contributed by atoms with Crippen LogP contribution >= 0.6 is 0 Å². The van der Waals surface area contributed by atoms with Crippen LogP contribution in [0.2, 0.25) is 0 Å². The highest BCUT2D eigenvalue weighted by Gasteiger charge is 2.16. The Hall–Kier alpha value is -2.39. The molecule has 23 heavy (non-hydrogen) atoms. The highest BCUT2D eigenvalue weighted by molar-refractivity contribution is 7.89. The molecule has 2 aromatic heterocycles. The van der Waals surface area contributed by atoms with Crippen molar-refractivity contribution < 1.29 is 17.3 Å². The highest BCUT2D eigenvalue weighted by Crippen LogP contribution is 2.17. The molecule has 1 aromatic carbocycles. The minimum atomic E-state index is -3.70. The Morgan fingerprint density at radius 2 is 2.13 bits per heavy atom. The number of rotatable bonds is 5. The number of hydrogen-bond acceptors (Lipinski definition) is 6. The van der Waals surface area contributed by atoms with Gasteiger partial charge in [0.05, 0.1) is 16.1 Å². The minimum absolute atomic E-state index is 0.0377. The molecule has 8 nitrogen and oxygen atoms in total. The maximum atomic E-state index is 12.3. The Morgan fingerprint density at radius 3 is 2.83 bits per heavy atom. The van der Waals surface area contributed by atoms with Crippen molar-refractivity contribution in [1.82, 2.24) is 14.3 Å². The van der Waals surface area contributed by atoms with E-state index in [0.29, 0.717) is 23.5 Å². The monoisotopic (exact) mass is 337 g/mol. The first-order valence-corrected chi connectivity index (χ1v) is 8.35. The first-order chi connectivity index (χ1) is 10.9. The quantitative estimate of drug-likeness (QED) is 0.743. The van der Waals surface area contributed by atoms with Crippen molar-refractivity contribution in [2.45, 2.75) is 18.2 Å². The van der Waals surface area contributed by atoms with Gasteiger partial charge in [-0.2, -0.15) is 0 Å². The van der Waals surface area contributed by atoms with Gasteiger partial charge in [-0.3, -0.25) is 4.57 Å². The number of hydrogen-bond donors (Lipinski definition) is 1. The third-order valence-corrected chi connectivity index (χ3v) is 4.87. The number of benzene rings is 1. The first kappa shape index (κ1) is 15.5. The smallest absolute Gasteiger partial charge is 0.419 e. The van der Waals surface area contributed by atoms with Crippen molar-refractivity contribution in [1.29, 1.82) is 0 Å². The molecule has 0 unspecified atom stereocenters. The van der Waals surface area contributed by atoms with E-state index in [1.54, 1.807) is 14.0 Å². The van der Waals surface area contributed by atoms with Gasteiger partial charge in [-0.25, -0.2) is 22.9 Å². The number of oxazole rings is 2. The predicted molar refractivity (Wildman–Crippen MR) is 81.6 cm³/mol.